The van der Waals surface area contributed by atoms with E-state index in [1.807, 2.05) is 17.8 Å². The molecular weight excluding hydrogens is 346 g/mol. The van der Waals surface area contributed by atoms with Crippen LogP contribution in [-0.2, 0) is 7.05 Å². The topological polar surface area (TPSA) is 103 Å². The number of likely N-dealkylation sites (tertiary alicyclic amines) is 1. The lowest BCUT2D eigenvalue weighted by molar-refractivity contribution is 0.0600. The number of rotatable bonds is 4. The highest BCUT2D eigenvalue weighted by molar-refractivity contribution is 5.89. The Morgan fingerprint density at radius 2 is 2.19 bits per heavy atom. The molecule has 1 atom stereocenters. The van der Waals surface area contributed by atoms with Crippen LogP contribution >= 0.6 is 0 Å². The zero-order chi connectivity index (χ0) is 19.4. The third-order valence-corrected chi connectivity index (χ3v) is 4.97. The van der Waals surface area contributed by atoms with Gasteiger partial charge in [0.15, 0.2) is 0 Å². The number of benzene rings is 1. The maximum absolute atomic E-state index is 12.5. The highest BCUT2D eigenvalue weighted by Gasteiger charge is 2.30. The van der Waals surface area contributed by atoms with Gasteiger partial charge in [-0.3, -0.25) is 0 Å². The van der Waals surface area contributed by atoms with Crippen molar-refractivity contribution in [3.8, 4) is 11.8 Å². The first-order chi connectivity index (χ1) is 13.0. The van der Waals surface area contributed by atoms with Gasteiger partial charge in [0.25, 0.3) is 0 Å². The third kappa shape index (κ3) is 4.04. The summed E-state index contributed by atoms with van der Waals surface area (Å²) in [6, 6.07) is 6.79. The fourth-order valence-corrected chi connectivity index (χ4v) is 3.37. The van der Waals surface area contributed by atoms with E-state index in [0.717, 1.165) is 0 Å². The minimum absolute atomic E-state index is 0.0707. The molecule has 1 aromatic carbocycles. The number of methoxy groups -OCH3 is 1. The van der Waals surface area contributed by atoms with E-state index in [2.05, 4.69) is 16.4 Å². The van der Waals surface area contributed by atoms with Crippen LogP contribution in [0.1, 0.15) is 30.3 Å². The molecule has 1 aromatic heterocycles. The van der Waals surface area contributed by atoms with Crippen molar-refractivity contribution in [2.24, 2.45) is 13.0 Å². The first kappa shape index (κ1) is 18.7. The zero-order valence-corrected chi connectivity index (χ0v) is 15.4. The fraction of sp³-hybridized carbons (Fsp3) is 0.421. The fourth-order valence-electron chi connectivity index (χ4n) is 3.37. The van der Waals surface area contributed by atoms with Crippen LogP contribution in [0.3, 0.4) is 0 Å². The molecule has 0 saturated carbocycles. The number of amides is 2. The molecule has 3 rings (SSSR count). The number of imidazole rings is 1. The lowest BCUT2D eigenvalue weighted by Gasteiger charge is -2.34. The average Bonchev–Trinajstić information content (AvgIpc) is 3.13. The van der Waals surface area contributed by atoms with Gasteiger partial charge >= 0.3 is 6.03 Å². The summed E-state index contributed by atoms with van der Waals surface area (Å²) >= 11 is 0. The Labute approximate surface area is 158 Å². The van der Waals surface area contributed by atoms with E-state index in [-0.39, 0.29) is 11.9 Å². The number of urea groups is 1. The summed E-state index contributed by atoms with van der Waals surface area (Å²) in [6.45, 7) is 1.11. The predicted octanol–water partition coefficient (Wildman–Crippen LogP) is 2.28. The largest absolute Gasteiger partial charge is 0.495 e. The monoisotopic (exact) mass is 369 g/mol. The SMILES string of the molecule is COc1ccc(NC(=O)N2CCC([C@H](O)c3nccn3C)CC2)cc1C#N. The lowest BCUT2D eigenvalue weighted by atomic mass is 9.91. The number of aryl methyl sites for hydroxylation is 1. The maximum atomic E-state index is 12.5. The minimum Gasteiger partial charge on any atom is -0.495 e. The summed E-state index contributed by atoms with van der Waals surface area (Å²) in [6.07, 6.45) is 4.26. The molecule has 0 spiro atoms. The van der Waals surface area contributed by atoms with Gasteiger partial charge in [-0.1, -0.05) is 0 Å². The molecule has 8 heteroatoms. The van der Waals surface area contributed by atoms with Crippen molar-refractivity contribution in [1.29, 1.82) is 5.26 Å². The molecule has 8 nitrogen and oxygen atoms in total. The van der Waals surface area contributed by atoms with Crippen LogP contribution in [0.4, 0.5) is 10.5 Å². The number of nitrogens with zero attached hydrogens (tertiary/aromatic N) is 4. The minimum atomic E-state index is -0.630. The van der Waals surface area contributed by atoms with E-state index in [1.165, 1.54) is 7.11 Å². The molecule has 2 aromatic rings. The van der Waals surface area contributed by atoms with Gasteiger partial charge in [-0.25, -0.2) is 9.78 Å². The van der Waals surface area contributed by atoms with Crippen LogP contribution in [0.15, 0.2) is 30.6 Å². The number of hydrogen-bond acceptors (Lipinski definition) is 5. The van der Waals surface area contributed by atoms with Crippen LogP contribution in [0, 0.1) is 17.2 Å². The molecule has 27 heavy (non-hydrogen) atoms. The molecular formula is C19H23N5O3. The first-order valence-corrected chi connectivity index (χ1v) is 8.83. The van der Waals surface area contributed by atoms with Gasteiger partial charge in [0.1, 0.15) is 23.7 Å². The normalized spacial score (nSPS) is 15.9. The molecule has 142 valence electrons. The van der Waals surface area contributed by atoms with Crippen molar-refractivity contribution in [2.45, 2.75) is 18.9 Å². The van der Waals surface area contributed by atoms with Gasteiger partial charge < -0.3 is 24.6 Å². The van der Waals surface area contributed by atoms with Crippen LogP contribution < -0.4 is 10.1 Å². The van der Waals surface area contributed by atoms with E-state index in [1.54, 1.807) is 29.3 Å². The number of carbonyl (C=O) groups is 1. The molecule has 2 amide bonds. The van der Waals surface area contributed by atoms with E-state index >= 15 is 0 Å². The van der Waals surface area contributed by atoms with Gasteiger partial charge in [-0.15, -0.1) is 0 Å². The third-order valence-electron chi connectivity index (χ3n) is 4.97. The van der Waals surface area contributed by atoms with E-state index in [4.69, 9.17) is 10.00 Å². The van der Waals surface area contributed by atoms with Crippen LogP contribution in [0.5, 0.6) is 5.75 Å². The summed E-state index contributed by atoms with van der Waals surface area (Å²) in [5.74, 6) is 1.20. The second-order valence-corrected chi connectivity index (χ2v) is 6.62. The Morgan fingerprint density at radius 1 is 1.44 bits per heavy atom. The molecule has 1 aliphatic heterocycles. The van der Waals surface area contributed by atoms with Crippen molar-refractivity contribution >= 4 is 11.7 Å². The highest BCUT2D eigenvalue weighted by atomic mass is 16.5. The summed E-state index contributed by atoms with van der Waals surface area (Å²) in [7, 11) is 3.36. The standard InChI is InChI=1S/C19H23N5O3/c1-23-10-7-21-18(23)17(25)13-5-8-24(9-6-13)19(26)22-15-3-4-16(27-2)14(11-15)12-20/h3-4,7,10-11,13,17,25H,5-6,8-9H2,1-2H3,(H,22,26)/t17-/m0/s1. The summed E-state index contributed by atoms with van der Waals surface area (Å²) < 4.78 is 6.93. The molecule has 1 fully saturated rings. The van der Waals surface area contributed by atoms with Gasteiger partial charge in [0.05, 0.1) is 12.7 Å². The van der Waals surface area contributed by atoms with Crippen molar-refractivity contribution in [3.63, 3.8) is 0 Å². The molecule has 2 N–H and O–H groups in total. The molecule has 0 bridgehead atoms. The number of aliphatic hydroxyl groups excluding tert-OH is 1. The number of anilines is 1. The lowest BCUT2D eigenvalue weighted by Crippen LogP contribution is -2.42. The van der Waals surface area contributed by atoms with Crippen molar-refractivity contribution < 1.29 is 14.6 Å². The molecule has 0 unspecified atom stereocenters. The quantitative estimate of drug-likeness (QED) is 0.860. The van der Waals surface area contributed by atoms with Crippen molar-refractivity contribution in [2.75, 3.05) is 25.5 Å². The molecule has 0 aliphatic carbocycles. The number of carbonyl (C=O) groups excluding carboxylic acids is 1. The second-order valence-electron chi connectivity index (χ2n) is 6.62. The molecule has 1 aliphatic rings. The number of ether oxygens (including phenoxy) is 1. The van der Waals surface area contributed by atoms with E-state index in [0.29, 0.717) is 48.8 Å². The number of aromatic nitrogens is 2. The molecule has 1 saturated heterocycles. The summed E-state index contributed by atoms with van der Waals surface area (Å²) in [4.78, 5) is 18.4. The van der Waals surface area contributed by atoms with Gasteiger partial charge in [-0.2, -0.15) is 5.26 Å². The van der Waals surface area contributed by atoms with Crippen LogP contribution in [0.25, 0.3) is 0 Å². The van der Waals surface area contributed by atoms with E-state index in [9.17, 15) is 9.90 Å². The summed E-state index contributed by atoms with van der Waals surface area (Å²) in [5, 5.41) is 22.5. The first-order valence-electron chi connectivity index (χ1n) is 8.83. The second kappa shape index (κ2) is 8.10. The molecule has 2 heterocycles. The predicted molar refractivity (Wildman–Crippen MR) is 99.2 cm³/mol. The van der Waals surface area contributed by atoms with Gasteiger partial charge in [0, 0.05) is 38.2 Å². The Hall–Kier alpha value is -3.05. The van der Waals surface area contributed by atoms with Gasteiger partial charge in [0.2, 0.25) is 0 Å². The average molecular weight is 369 g/mol. The number of hydrogen-bond donors (Lipinski definition) is 2. The maximum Gasteiger partial charge on any atom is 0.321 e. The van der Waals surface area contributed by atoms with Crippen molar-refractivity contribution in [1.82, 2.24) is 14.5 Å². The van der Waals surface area contributed by atoms with E-state index < -0.39 is 6.10 Å². The Morgan fingerprint density at radius 3 is 2.78 bits per heavy atom. The van der Waals surface area contributed by atoms with Crippen LogP contribution in [-0.4, -0.2) is 45.8 Å². The Balaban J connectivity index is 1.57. The Kier molecular flexibility index (Phi) is 5.62. The highest BCUT2D eigenvalue weighted by Crippen LogP contribution is 2.30. The van der Waals surface area contributed by atoms with Crippen molar-refractivity contribution in [3.05, 3.63) is 42.0 Å². The van der Waals surface area contributed by atoms with Crippen LogP contribution in [0.2, 0.25) is 0 Å². The number of nitriles is 1. The molecule has 0 radical (unpaired) electrons. The number of aliphatic hydroxyl groups is 1. The number of nitrogens with one attached hydrogen (secondary N) is 1. The Bertz CT molecular complexity index is 849. The van der Waals surface area contributed by atoms with Gasteiger partial charge in [-0.05, 0) is 37.0 Å². The number of piperidine rings is 1. The summed E-state index contributed by atoms with van der Waals surface area (Å²) in [5.41, 5.74) is 0.916. The zero-order valence-electron chi connectivity index (χ0n) is 15.4. The smallest absolute Gasteiger partial charge is 0.321 e.